The summed E-state index contributed by atoms with van der Waals surface area (Å²) in [5, 5.41) is 7.66. The van der Waals surface area contributed by atoms with Crippen molar-refractivity contribution in [1.82, 2.24) is 10.2 Å². The molecule has 0 aliphatic heterocycles. The number of aryl methyl sites for hydroxylation is 1. The summed E-state index contributed by atoms with van der Waals surface area (Å²) >= 11 is 0. The van der Waals surface area contributed by atoms with Gasteiger partial charge in [-0.15, -0.1) is 10.2 Å². The van der Waals surface area contributed by atoms with Crippen molar-refractivity contribution in [2.75, 3.05) is 0 Å². The van der Waals surface area contributed by atoms with Gasteiger partial charge in [-0.1, -0.05) is 13.0 Å². The highest BCUT2D eigenvalue weighted by molar-refractivity contribution is 5.36. The monoisotopic (exact) mass is 265 g/mol. The van der Waals surface area contributed by atoms with Gasteiger partial charge in [0.25, 0.3) is 5.89 Å². The van der Waals surface area contributed by atoms with Gasteiger partial charge in [-0.05, 0) is 13.0 Å². The van der Waals surface area contributed by atoms with Gasteiger partial charge in [-0.3, -0.25) is 0 Å². The van der Waals surface area contributed by atoms with Gasteiger partial charge in [-0.25, -0.2) is 4.39 Å². The molecule has 0 saturated carbocycles. The van der Waals surface area contributed by atoms with Crippen LogP contribution in [0.3, 0.4) is 0 Å². The van der Waals surface area contributed by atoms with Gasteiger partial charge in [0, 0.05) is 24.1 Å². The van der Waals surface area contributed by atoms with Gasteiger partial charge in [0.05, 0.1) is 0 Å². The first-order valence-electron chi connectivity index (χ1n) is 6.09. The average molecular weight is 265 g/mol. The molecule has 6 heteroatoms. The van der Waals surface area contributed by atoms with Crippen LogP contribution in [0.2, 0.25) is 0 Å². The molecule has 19 heavy (non-hydrogen) atoms. The summed E-state index contributed by atoms with van der Waals surface area (Å²) in [5.41, 5.74) is 6.54. The summed E-state index contributed by atoms with van der Waals surface area (Å²) in [6.07, 6.45) is 0.665. The van der Waals surface area contributed by atoms with Gasteiger partial charge >= 0.3 is 0 Å². The lowest BCUT2D eigenvalue weighted by Crippen LogP contribution is -2.08. The first-order chi connectivity index (χ1) is 9.10. The fraction of sp³-hybridized carbons (Fsp3) is 0.385. The smallest absolute Gasteiger partial charge is 0.253 e. The van der Waals surface area contributed by atoms with Crippen LogP contribution in [-0.2, 0) is 13.0 Å². The minimum absolute atomic E-state index is 0.0934. The molecule has 0 bridgehead atoms. The Hall–Kier alpha value is -1.95. The van der Waals surface area contributed by atoms with Crippen molar-refractivity contribution in [2.45, 2.75) is 32.9 Å². The lowest BCUT2D eigenvalue weighted by atomic mass is 10.1. The van der Waals surface area contributed by atoms with Crippen LogP contribution >= 0.6 is 0 Å². The third-order valence-electron chi connectivity index (χ3n) is 2.63. The number of nitrogens with zero attached hydrogens (tertiary/aromatic N) is 2. The molecule has 2 N–H and O–H groups in total. The zero-order valence-corrected chi connectivity index (χ0v) is 10.9. The normalized spacial score (nSPS) is 12.4. The molecule has 1 aromatic carbocycles. The van der Waals surface area contributed by atoms with E-state index in [-0.39, 0.29) is 18.5 Å². The summed E-state index contributed by atoms with van der Waals surface area (Å²) < 4.78 is 24.0. The van der Waals surface area contributed by atoms with Crippen molar-refractivity contribution < 1.29 is 13.5 Å². The van der Waals surface area contributed by atoms with Crippen molar-refractivity contribution in [3.05, 3.63) is 41.4 Å². The molecule has 1 aromatic heterocycles. The molecule has 0 saturated heterocycles. The summed E-state index contributed by atoms with van der Waals surface area (Å²) in [4.78, 5) is 0. The molecule has 1 unspecified atom stereocenters. The fourth-order valence-corrected chi connectivity index (χ4v) is 1.64. The quantitative estimate of drug-likeness (QED) is 0.898. The Bertz CT molecular complexity index is 555. The van der Waals surface area contributed by atoms with Crippen LogP contribution in [0.5, 0.6) is 5.75 Å². The topological polar surface area (TPSA) is 74.2 Å². The molecule has 2 rings (SSSR count). The maximum atomic E-state index is 13.2. The number of nitrogens with two attached hydrogens (primary N) is 1. The van der Waals surface area contributed by atoms with Crippen LogP contribution in [0, 0.1) is 5.82 Å². The van der Waals surface area contributed by atoms with Gasteiger partial charge in [0.15, 0.2) is 6.61 Å². The summed E-state index contributed by atoms with van der Waals surface area (Å²) in [6, 6.07) is 4.02. The Balaban J connectivity index is 2.12. The van der Waals surface area contributed by atoms with Crippen LogP contribution in [0.1, 0.15) is 37.2 Å². The predicted octanol–water partition coefficient (Wildman–Crippen LogP) is 2.37. The van der Waals surface area contributed by atoms with E-state index in [0.29, 0.717) is 24.0 Å². The molecule has 0 amide bonds. The SMILES string of the molecule is CCc1nnc(COc2cc(F)ccc2C(C)N)o1. The molecule has 0 aliphatic rings. The number of hydrogen-bond donors (Lipinski definition) is 1. The molecular formula is C13H16FN3O2. The van der Waals surface area contributed by atoms with E-state index in [9.17, 15) is 4.39 Å². The van der Waals surface area contributed by atoms with Crippen molar-refractivity contribution >= 4 is 0 Å². The Morgan fingerprint density at radius 2 is 2.11 bits per heavy atom. The zero-order chi connectivity index (χ0) is 13.8. The van der Waals surface area contributed by atoms with Crippen LogP contribution in [0.25, 0.3) is 0 Å². The number of rotatable bonds is 5. The van der Waals surface area contributed by atoms with E-state index in [0.717, 1.165) is 5.56 Å². The molecule has 102 valence electrons. The molecular weight excluding hydrogens is 249 g/mol. The number of aromatic nitrogens is 2. The van der Waals surface area contributed by atoms with Crippen LogP contribution in [0.15, 0.2) is 22.6 Å². The Morgan fingerprint density at radius 1 is 1.37 bits per heavy atom. The maximum absolute atomic E-state index is 13.2. The molecule has 0 fully saturated rings. The van der Waals surface area contributed by atoms with E-state index in [1.54, 1.807) is 6.07 Å². The Labute approximate surface area is 110 Å². The molecule has 0 aliphatic carbocycles. The van der Waals surface area contributed by atoms with E-state index >= 15 is 0 Å². The Kier molecular flexibility index (Phi) is 4.11. The molecule has 0 radical (unpaired) electrons. The van der Waals surface area contributed by atoms with Gasteiger partial charge < -0.3 is 14.9 Å². The van der Waals surface area contributed by atoms with Crippen molar-refractivity contribution in [3.63, 3.8) is 0 Å². The van der Waals surface area contributed by atoms with E-state index in [4.69, 9.17) is 14.9 Å². The average Bonchev–Trinajstić information content (AvgIpc) is 2.84. The molecule has 2 aromatic rings. The van der Waals surface area contributed by atoms with Gasteiger partial charge in [0.2, 0.25) is 5.89 Å². The van der Waals surface area contributed by atoms with Crippen molar-refractivity contribution in [2.24, 2.45) is 5.73 Å². The first kappa shape index (κ1) is 13.5. The molecule has 1 atom stereocenters. The highest BCUT2D eigenvalue weighted by Gasteiger charge is 2.11. The number of benzene rings is 1. The third-order valence-corrected chi connectivity index (χ3v) is 2.63. The minimum atomic E-state index is -0.376. The van der Waals surface area contributed by atoms with Crippen LogP contribution < -0.4 is 10.5 Å². The highest BCUT2D eigenvalue weighted by Crippen LogP contribution is 2.25. The van der Waals surface area contributed by atoms with E-state index in [1.165, 1.54) is 12.1 Å². The molecule has 0 spiro atoms. The third kappa shape index (κ3) is 3.29. The molecule has 5 nitrogen and oxygen atoms in total. The predicted molar refractivity (Wildman–Crippen MR) is 67.0 cm³/mol. The second-order valence-corrected chi connectivity index (χ2v) is 4.20. The lowest BCUT2D eigenvalue weighted by molar-refractivity contribution is 0.255. The zero-order valence-electron chi connectivity index (χ0n) is 10.9. The Morgan fingerprint density at radius 3 is 2.74 bits per heavy atom. The molecule has 1 heterocycles. The maximum Gasteiger partial charge on any atom is 0.253 e. The number of halogens is 1. The highest BCUT2D eigenvalue weighted by atomic mass is 19.1. The summed E-state index contributed by atoms with van der Waals surface area (Å²) in [7, 11) is 0. The van der Waals surface area contributed by atoms with E-state index in [1.807, 2.05) is 13.8 Å². The van der Waals surface area contributed by atoms with E-state index < -0.39 is 0 Å². The second kappa shape index (κ2) is 5.79. The van der Waals surface area contributed by atoms with Gasteiger partial charge in [-0.2, -0.15) is 0 Å². The second-order valence-electron chi connectivity index (χ2n) is 4.20. The number of ether oxygens (including phenoxy) is 1. The van der Waals surface area contributed by atoms with Gasteiger partial charge in [0.1, 0.15) is 11.6 Å². The van der Waals surface area contributed by atoms with Crippen molar-refractivity contribution in [1.29, 1.82) is 0 Å². The largest absolute Gasteiger partial charge is 0.483 e. The fourth-order valence-electron chi connectivity index (χ4n) is 1.64. The van der Waals surface area contributed by atoms with Crippen LogP contribution in [-0.4, -0.2) is 10.2 Å². The minimum Gasteiger partial charge on any atom is -0.483 e. The lowest BCUT2D eigenvalue weighted by Gasteiger charge is -2.12. The van der Waals surface area contributed by atoms with Crippen LogP contribution in [0.4, 0.5) is 4.39 Å². The number of hydrogen-bond acceptors (Lipinski definition) is 5. The van der Waals surface area contributed by atoms with E-state index in [2.05, 4.69) is 10.2 Å². The standard InChI is InChI=1S/C13H16FN3O2/c1-3-12-16-17-13(19-12)7-18-11-6-9(14)4-5-10(11)8(2)15/h4-6,8H,3,7,15H2,1-2H3. The van der Waals surface area contributed by atoms with Crippen molar-refractivity contribution in [3.8, 4) is 5.75 Å². The summed E-state index contributed by atoms with van der Waals surface area (Å²) in [6.45, 7) is 3.82. The first-order valence-corrected chi connectivity index (χ1v) is 6.09. The summed E-state index contributed by atoms with van der Waals surface area (Å²) in [5.74, 6) is 0.924.